The molecule has 0 saturated heterocycles. The molecule has 20 heavy (non-hydrogen) atoms. The van der Waals surface area contributed by atoms with Gasteiger partial charge in [-0.1, -0.05) is 6.07 Å². The second-order valence-corrected chi connectivity index (χ2v) is 5.25. The maximum atomic E-state index is 13.9. The molecule has 1 aromatic carbocycles. The van der Waals surface area contributed by atoms with Gasteiger partial charge in [-0.2, -0.15) is 5.10 Å². The van der Waals surface area contributed by atoms with Gasteiger partial charge in [-0.3, -0.25) is 9.48 Å². The number of aromatic nitrogens is 2. The predicted octanol–water partition coefficient (Wildman–Crippen LogP) is 2.73. The maximum absolute atomic E-state index is 13.9. The highest BCUT2D eigenvalue weighted by Crippen LogP contribution is 2.31. The molecule has 0 unspecified atom stereocenters. The maximum Gasteiger partial charge on any atom is 0.307 e. The van der Waals surface area contributed by atoms with Crippen LogP contribution in [-0.4, -0.2) is 20.9 Å². The molecule has 2 aromatic rings. The van der Waals surface area contributed by atoms with Gasteiger partial charge in [0.2, 0.25) is 0 Å². The number of hydrogen-bond donors (Lipinski definition) is 1. The Bertz CT molecular complexity index is 647. The van der Waals surface area contributed by atoms with Gasteiger partial charge in [0.15, 0.2) is 0 Å². The van der Waals surface area contributed by atoms with E-state index in [2.05, 4.69) is 5.10 Å². The van der Waals surface area contributed by atoms with E-state index in [1.807, 2.05) is 10.9 Å². The zero-order valence-electron chi connectivity index (χ0n) is 10.9. The Morgan fingerprint density at radius 2 is 2.20 bits per heavy atom. The normalized spacial score (nSPS) is 14.4. The molecule has 3 rings (SSSR count). The van der Waals surface area contributed by atoms with Crippen LogP contribution in [-0.2, 0) is 17.8 Å². The van der Waals surface area contributed by atoms with Crippen LogP contribution >= 0.6 is 0 Å². The number of nitrogens with zero attached hydrogens (tertiary/aromatic N) is 2. The Balaban J connectivity index is 1.87. The quantitative estimate of drug-likeness (QED) is 0.912. The van der Waals surface area contributed by atoms with Crippen molar-refractivity contribution in [2.45, 2.75) is 25.8 Å². The summed E-state index contributed by atoms with van der Waals surface area (Å²) in [6.07, 6.45) is 4.20. The van der Waals surface area contributed by atoms with Crippen molar-refractivity contribution < 1.29 is 14.3 Å². The van der Waals surface area contributed by atoms with Crippen LogP contribution in [0.25, 0.3) is 11.3 Å². The summed E-state index contributed by atoms with van der Waals surface area (Å²) in [4.78, 5) is 10.7. The highest BCUT2D eigenvalue weighted by Gasteiger charge is 2.22. The Hall–Kier alpha value is -2.17. The Morgan fingerprint density at radius 1 is 1.40 bits per heavy atom. The van der Waals surface area contributed by atoms with E-state index >= 15 is 0 Å². The van der Waals surface area contributed by atoms with Gasteiger partial charge < -0.3 is 5.11 Å². The Morgan fingerprint density at radius 3 is 2.90 bits per heavy atom. The summed E-state index contributed by atoms with van der Waals surface area (Å²) >= 11 is 0. The average Bonchev–Trinajstić information content (AvgIpc) is 3.08. The van der Waals surface area contributed by atoms with Crippen LogP contribution < -0.4 is 0 Å². The summed E-state index contributed by atoms with van der Waals surface area (Å²) in [6, 6.07) is 6.13. The van der Waals surface area contributed by atoms with Crippen molar-refractivity contribution in [2.75, 3.05) is 0 Å². The second kappa shape index (κ2) is 5.07. The summed E-state index contributed by atoms with van der Waals surface area (Å²) in [5, 5.41) is 13.2. The van der Waals surface area contributed by atoms with Crippen molar-refractivity contribution in [1.29, 1.82) is 0 Å². The minimum Gasteiger partial charge on any atom is -0.481 e. The molecule has 1 heterocycles. The van der Waals surface area contributed by atoms with Crippen molar-refractivity contribution in [3.05, 3.63) is 41.8 Å². The molecule has 104 valence electrons. The van der Waals surface area contributed by atoms with Crippen LogP contribution in [0, 0.1) is 11.7 Å². The smallest absolute Gasteiger partial charge is 0.307 e. The third-order valence-corrected chi connectivity index (χ3v) is 3.44. The van der Waals surface area contributed by atoms with Crippen molar-refractivity contribution >= 4 is 5.97 Å². The second-order valence-electron chi connectivity index (χ2n) is 5.25. The molecule has 5 heteroatoms. The minimum atomic E-state index is -0.929. The van der Waals surface area contributed by atoms with Gasteiger partial charge in [-0.15, -0.1) is 0 Å². The number of hydrogen-bond acceptors (Lipinski definition) is 2. The highest BCUT2D eigenvalue weighted by atomic mass is 19.1. The van der Waals surface area contributed by atoms with E-state index in [4.69, 9.17) is 5.11 Å². The monoisotopic (exact) mass is 274 g/mol. The van der Waals surface area contributed by atoms with Crippen LogP contribution in [0.2, 0.25) is 0 Å². The first kappa shape index (κ1) is 12.8. The molecule has 0 bridgehead atoms. The Kier molecular flexibility index (Phi) is 3.26. The molecular formula is C15H15FN2O2. The number of halogens is 1. The molecule has 0 aliphatic heterocycles. The standard InChI is InChI=1S/C15H15FN2O2/c16-13-4-3-11(8-15(19)20)7-12(13)14-5-6-18(17-14)9-10-1-2-10/h3-7,10H,1-2,8-9H2,(H,19,20). The van der Waals surface area contributed by atoms with Gasteiger partial charge in [-0.25, -0.2) is 4.39 Å². The van der Waals surface area contributed by atoms with Crippen molar-refractivity contribution in [1.82, 2.24) is 9.78 Å². The molecule has 0 amide bonds. The SMILES string of the molecule is O=C(O)Cc1ccc(F)c(-c2ccn(CC3CC3)n2)c1. The molecule has 1 saturated carbocycles. The van der Waals surface area contributed by atoms with Crippen LogP contribution in [0.3, 0.4) is 0 Å². The fourth-order valence-corrected chi connectivity index (χ4v) is 2.23. The zero-order valence-corrected chi connectivity index (χ0v) is 10.9. The van der Waals surface area contributed by atoms with Crippen LogP contribution in [0.1, 0.15) is 18.4 Å². The summed E-state index contributed by atoms with van der Waals surface area (Å²) in [7, 11) is 0. The lowest BCUT2D eigenvalue weighted by Gasteiger charge is -2.03. The van der Waals surface area contributed by atoms with Gasteiger partial charge in [0, 0.05) is 18.3 Å². The number of carboxylic acids is 1. The van der Waals surface area contributed by atoms with Gasteiger partial charge in [0.05, 0.1) is 12.1 Å². The third kappa shape index (κ3) is 2.87. The molecule has 4 nitrogen and oxygen atoms in total. The van der Waals surface area contributed by atoms with E-state index in [9.17, 15) is 9.18 Å². The van der Waals surface area contributed by atoms with Gasteiger partial charge in [0.25, 0.3) is 0 Å². The molecule has 1 N–H and O–H groups in total. The highest BCUT2D eigenvalue weighted by molar-refractivity contribution is 5.71. The van der Waals surface area contributed by atoms with Gasteiger partial charge >= 0.3 is 5.97 Å². The minimum absolute atomic E-state index is 0.115. The Labute approximate surface area is 115 Å². The lowest BCUT2D eigenvalue weighted by atomic mass is 10.1. The number of benzene rings is 1. The number of rotatable bonds is 5. The van der Waals surface area contributed by atoms with E-state index < -0.39 is 5.97 Å². The average molecular weight is 274 g/mol. The van der Waals surface area contributed by atoms with E-state index in [0.29, 0.717) is 22.7 Å². The first-order chi connectivity index (χ1) is 9.61. The molecule has 0 radical (unpaired) electrons. The fourth-order valence-electron chi connectivity index (χ4n) is 2.23. The molecule has 0 spiro atoms. The summed E-state index contributed by atoms with van der Waals surface area (Å²) in [5.74, 6) is -0.608. The lowest BCUT2D eigenvalue weighted by molar-refractivity contribution is -0.136. The molecule has 1 aliphatic carbocycles. The molecule has 1 aliphatic rings. The summed E-state index contributed by atoms with van der Waals surface area (Å²) in [5.41, 5.74) is 1.49. The van der Waals surface area contributed by atoms with E-state index in [-0.39, 0.29) is 12.2 Å². The zero-order chi connectivity index (χ0) is 14.1. The van der Waals surface area contributed by atoms with Crippen molar-refractivity contribution in [2.24, 2.45) is 5.92 Å². The molecule has 1 fully saturated rings. The number of aliphatic carboxylic acids is 1. The van der Waals surface area contributed by atoms with Crippen molar-refractivity contribution in [3.8, 4) is 11.3 Å². The number of carbonyl (C=O) groups is 1. The largest absolute Gasteiger partial charge is 0.481 e. The molecular weight excluding hydrogens is 259 g/mol. The summed E-state index contributed by atoms with van der Waals surface area (Å²) in [6.45, 7) is 0.871. The third-order valence-electron chi connectivity index (χ3n) is 3.44. The van der Waals surface area contributed by atoms with E-state index in [1.54, 1.807) is 12.1 Å². The molecule has 0 atom stereocenters. The lowest BCUT2D eigenvalue weighted by Crippen LogP contribution is -2.02. The van der Waals surface area contributed by atoms with E-state index in [0.717, 1.165) is 6.54 Å². The molecule has 1 aromatic heterocycles. The topological polar surface area (TPSA) is 55.1 Å². The van der Waals surface area contributed by atoms with Gasteiger partial charge in [0.1, 0.15) is 5.82 Å². The van der Waals surface area contributed by atoms with Crippen LogP contribution in [0.4, 0.5) is 4.39 Å². The van der Waals surface area contributed by atoms with Gasteiger partial charge in [-0.05, 0) is 42.5 Å². The predicted molar refractivity (Wildman–Crippen MR) is 71.7 cm³/mol. The fraction of sp³-hybridized carbons (Fsp3) is 0.333. The first-order valence-corrected chi connectivity index (χ1v) is 6.66. The number of carboxylic acid groups (broad SMARTS) is 1. The van der Waals surface area contributed by atoms with Crippen molar-refractivity contribution in [3.63, 3.8) is 0 Å². The summed E-state index contributed by atoms with van der Waals surface area (Å²) < 4.78 is 15.7. The first-order valence-electron chi connectivity index (χ1n) is 6.66. The van der Waals surface area contributed by atoms with Crippen LogP contribution in [0.15, 0.2) is 30.5 Å². The van der Waals surface area contributed by atoms with Crippen LogP contribution in [0.5, 0.6) is 0 Å². The van der Waals surface area contributed by atoms with E-state index in [1.165, 1.54) is 25.0 Å².